The molecule has 0 aromatic heterocycles. The first-order valence-electron chi connectivity index (χ1n) is 26.4. The summed E-state index contributed by atoms with van der Waals surface area (Å²) in [6.07, 6.45) is 5.78. The lowest BCUT2D eigenvalue weighted by Crippen LogP contribution is -2.60. The van der Waals surface area contributed by atoms with Gasteiger partial charge in [0.15, 0.2) is 0 Å². The molecular weight excluding hydrogens is 951 g/mol. The number of carbonyl (C=O) groups excluding carboxylic acids is 9. The number of carbonyl (C=O) groups is 9. The van der Waals surface area contributed by atoms with E-state index in [0.29, 0.717) is 64.5 Å². The number of unbranched alkanes of at least 4 members (excludes halogenated alkanes) is 2. The highest BCUT2D eigenvalue weighted by molar-refractivity contribution is 6.12. The van der Waals surface area contributed by atoms with Gasteiger partial charge in [-0.2, -0.15) is 0 Å². The minimum Gasteiger partial charge on any atom is -0.379 e. The predicted molar refractivity (Wildman–Crippen MR) is 278 cm³/mol. The van der Waals surface area contributed by atoms with Crippen LogP contribution >= 0.6 is 0 Å². The van der Waals surface area contributed by atoms with Crippen LogP contribution in [0.15, 0.2) is 42.5 Å². The molecule has 1 saturated heterocycles. The topological polar surface area (TPSA) is 259 Å². The molecule has 1 aliphatic carbocycles. The van der Waals surface area contributed by atoms with Gasteiger partial charge in [0, 0.05) is 64.3 Å². The number of imide groups is 2. The van der Waals surface area contributed by atoms with Gasteiger partial charge in [0.2, 0.25) is 41.4 Å². The lowest BCUT2D eigenvalue weighted by Gasteiger charge is -2.43. The van der Waals surface area contributed by atoms with Gasteiger partial charge in [0.1, 0.15) is 5.54 Å². The van der Waals surface area contributed by atoms with Gasteiger partial charge in [-0.3, -0.25) is 74.0 Å². The Morgan fingerprint density at radius 2 is 1.39 bits per heavy atom. The van der Waals surface area contributed by atoms with Gasteiger partial charge in [-0.1, -0.05) is 91.6 Å². The fourth-order valence-corrected chi connectivity index (χ4v) is 11.0. The summed E-state index contributed by atoms with van der Waals surface area (Å²) in [6.45, 7) is 14.5. The van der Waals surface area contributed by atoms with E-state index in [1.165, 1.54) is 19.3 Å². The summed E-state index contributed by atoms with van der Waals surface area (Å²) in [5, 5.41) is 5.66. The highest BCUT2D eigenvalue weighted by Crippen LogP contribution is 2.51. The van der Waals surface area contributed by atoms with Crippen LogP contribution in [0.2, 0.25) is 0 Å². The quantitative estimate of drug-likeness (QED) is 0.0423. The van der Waals surface area contributed by atoms with Crippen molar-refractivity contribution in [3.63, 3.8) is 0 Å². The Morgan fingerprint density at radius 3 is 1.95 bits per heavy atom. The first kappa shape index (κ1) is 61.0. The second kappa shape index (κ2) is 28.4. The SMILES string of the molecule is CC[C@H](C)[C@@H]([C@@H](CC(=O)N1CCC[C@H]1[C@H](OC)[C@@H](C)C(=O)N[C@@]1(C(N)=O)C[C@@H]1c1ccccc1)OC)N(C)[C@H](C(=O)NC(=O)[C@H](C(C)C)N(C)CCCC(=O)NNC(=O)CCCCCN1C(=O)C=CC1=O)C(C)C. The predicted octanol–water partition coefficient (Wildman–Crippen LogP) is 2.94. The number of ether oxygens (including phenoxy) is 2. The van der Waals surface area contributed by atoms with Gasteiger partial charge < -0.3 is 25.4 Å². The number of hydrogen-bond acceptors (Lipinski definition) is 13. The van der Waals surface area contributed by atoms with Gasteiger partial charge >= 0.3 is 0 Å². The maximum atomic E-state index is 14.5. The molecule has 2 fully saturated rings. The number of benzene rings is 1. The fourth-order valence-electron chi connectivity index (χ4n) is 11.0. The van der Waals surface area contributed by atoms with E-state index in [1.54, 1.807) is 30.9 Å². The van der Waals surface area contributed by atoms with Crippen LogP contribution in [-0.4, -0.2) is 163 Å². The summed E-state index contributed by atoms with van der Waals surface area (Å²) < 4.78 is 12.1. The van der Waals surface area contributed by atoms with Crippen molar-refractivity contribution < 1.29 is 52.6 Å². The van der Waals surface area contributed by atoms with Crippen molar-refractivity contribution in [1.82, 2.24) is 41.1 Å². The van der Waals surface area contributed by atoms with Crippen molar-refractivity contribution in [3.05, 3.63) is 48.0 Å². The maximum Gasteiger partial charge on any atom is 0.253 e. The first-order valence-corrected chi connectivity index (χ1v) is 26.4. The zero-order chi connectivity index (χ0) is 55.0. The third kappa shape index (κ3) is 15.7. The van der Waals surface area contributed by atoms with E-state index in [-0.39, 0.29) is 79.0 Å². The van der Waals surface area contributed by atoms with Gasteiger partial charge in [0.05, 0.1) is 42.7 Å². The fraction of sp³-hybridized carbons (Fsp3) is 0.685. The number of likely N-dealkylation sites (tertiary alicyclic amines) is 1. The monoisotopic (exact) mass is 1040 g/mol. The smallest absolute Gasteiger partial charge is 0.253 e. The lowest BCUT2D eigenvalue weighted by molar-refractivity contribution is -0.145. The summed E-state index contributed by atoms with van der Waals surface area (Å²) in [6, 6.07) is 7.09. The molecule has 412 valence electrons. The van der Waals surface area contributed by atoms with E-state index in [2.05, 4.69) is 21.5 Å². The molecule has 0 unspecified atom stereocenters. The summed E-state index contributed by atoms with van der Waals surface area (Å²) in [4.78, 5) is 124. The molecule has 74 heavy (non-hydrogen) atoms. The number of methoxy groups -OCH3 is 2. The zero-order valence-electron chi connectivity index (χ0n) is 45.6. The summed E-state index contributed by atoms with van der Waals surface area (Å²) in [5.41, 5.74) is 10.4. The van der Waals surface area contributed by atoms with Crippen molar-refractivity contribution in [1.29, 1.82) is 0 Å². The molecule has 2 heterocycles. The van der Waals surface area contributed by atoms with E-state index >= 15 is 0 Å². The summed E-state index contributed by atoms with van der Waals surface area (Å²) >= 11 is 0. The minimum absolute atomic E-state index is 0.0179. The highest BCUT2D eigenvalue weighted by atomic mass is 16.5. The number of likely N-dealkylation sites (N-methyl/N-ethyl adjacent to an activating group) is 2. The molecule has 0 spiro atoms. The van der Waals surface area contributed by atoms with Crippen molar-refractivity contribution in [3.8, 4) is 0 Å². The number of hydrogen-bond donors (Lipinski definition) is 5. The molecule has 1 aromatic rings. The third-order valence-corrected chi connectivity index (χ3v) is 15.3. The number of amides is 9. The van der Waals surface area contributed by atoms with Crippen LogP contribution in [-0.2, 0) is 52.6 Å². The van der Waals surface area contributed by atoms with Crippen molar-refractivity contribution in [2.45, 2.75) is 167 Å². The van der Waals surface area contributed by atoms with Crippen LogP contribution in [0.25, 0.3) is 0 Å². The standard InChI is InChI=1S/C54H85N9O11/c1-12-35(6)48(40(73-10)31-45(68)62-30-19-23-39(62)49(74-11)36(7)50(69)57-54(53(55)72)32-38(54)37-21-15-13-16-22-37)61(9)47(34(4)5)52(71)56-51(70)46(33(2)3)60(8)28-20-25-42(65)59-58-41(64)24-17-14-18-29-63-43(66)26-27-44(63)67/h13,15-16,21-22,26-27,33-36,38-40,46-49H,12,14,17-20,23-25,28-32H2,1-11H3,(H2,55,72)(H,57,69)(H,58,64)(H,59,65)(H,56,70,71)/t35-,36+,38+,39-,40+,46-,47-,48-,49+,54-/m0/s1. The molecule has 4 rings (SSSR count). The average Bonchev–Trinajstić information content (AvgIpc) is 3.72. The second-order valence-corrected chi connectivity index (χ2v) is 21.2. The third-order valence-electron chi connectivity index (χ3n) is 15.3. The van der Waals surface area contributed by atoms with Crippen LogP contribution in [0.3, 0.4) is 0 Å². The first-order chi connectivity index (χ1) is 35.0. The van der Waals surface area contributed by atoms with Gasteiger partial charge in [-0.15, -0.1) is 0 Å². The Kier molecular flexibility index (Phi) is 23.4. The number of rotatable bonds is 30. The van der Waals surface area contributed by atoms with E-state index in [1.807, 2.05) is 83.8 Å². The van der Waals surface area contributed by atoms with Crippen LogP contribution in [0, 0.1) is 23.7 Å². The van der Waals surface area contributed by atoms with Gasteiger partial charge in [-0.05, 0) is 82.5 Å². The maximum absolute atomic E-state index is 14.5. The molecule has 20 nitrogen and oxygen atoms in total. The highest BCUT2D eigenvalue weighted by Gasteiger charge is 2.61. The Hall–Kier alpha value is -5.57. The van der Waals surface area contributed by atoms with Crippen LogP contribution in [0.5, 0.6) is 0 Å². The van der Waals surface area contributed by atoms with Gasteiger partial charge in [-0.25, -0.2) is 0 Å². The van der Waals surface area contributed by atoms with Crippen molar-refractivity contribution in [2.24, 2.45) is 29.4 Å². The van der Waals surface area contributed by atoms with E-state index in [4.69, 9.17) is 15.2 Å². The molecule has 20 heteroatoms. The number of nitrogens with two attached hydrogens (primary N) is 1. The number of nitrogens with one attached hydrogen (secondary N) is 4. The zero-order valence-corrected chi connectivity index (χ0v) is 45.6. The molecule has 1 saturated carbocycles. The Labute approximate surface area is 437 Å². The molecule has 0 radical (unpaired) electrons. The molecule has 2 aliphatic heterocycles. The molecule has 6 N–H and O–H groups in total. The molecule has 9 amide bonds. The van der Waals surface area contributed by atoms with E-state index in [0.717, 1.165) is 10.5 Å². The van der Waals surface area contributed by atoms with Crippen LogP contribution in [0.1, 0.15) is 131 Å². The molecule has 10 atom stereocenters. The minimum atomic E-state index is -1.21. The normalized spacial score (nSPS) is 21.3. The molecule has 1 aromatic carbocycles. The van der Waals surface area contributed by atoms with Crippen molar-refractivity contribution in [2.75, 3.05) is 47.9 Å². The Morgan fingerprint density at radius 1 is 0.797 bits per heavy atom. The molecular formula is C54H85N9O11. The summed E-state index contributed by atoms with van der Waals surface area (Å²) in [7, 11) is 6.65. The van der Waals surface area contributed by atoms with Gasteiger partial charge in [0.25, 0.3) is 11.8 Å². The average molecular weight is 1040 g/mol. The van der Waals surface area contributed by atoms with Crippen LogP contribution in [0.4, 0.5) is 0 Å². The number of primary amides is 1. The Bertz CT molecular complexity index is 2140. The van der Waals surface area contributed by atoms with E-state index < -0.39 is 71.5 Å². The van der Waals surface area contributed by atoms with E-state index in [9.17, 15) is 43.2 Å². The van der Waals surface area contributed by atoms with Crippen molar-refractivity contribution >= 4 is 53.2 Å². The summed E-state index contributed by atoms with van der Waals surface area (Å²) in [5.74, 6) is -5.09. The largest absolute Gasteiger partial charge is 0.379 e. The second-order valence-electron chi connectivity index (χ2n) is 21.2. The molecule has 0 bridgehead atoms. The Balaban J connectivity index is 1.33. The lowest BCUT2D eigenvalue weighted by atomic mass is 9.87. The number of nitrogens with zero attached hydrogens (tertiary/aromatic N) is 4. The molecule has 3 aliphatic rings. The van der Waals surface area contributed by atoms with Crippen LogP contribution < -0.4 is 27.2 Å². The number of hydrazine groups is 1.